The molecule has 0 aromatic heterocycles. The zero-order chi connectivity index (χ0) is 24.3. The maximum atomic E-state index is 12.0. The molecule has 0 aliphatic carbocycles. The molecule has 0 atom stereocenters. The van der Waals surface area contributed by atoms with Crippen LogP contribution in [0.1, 0.15) is 76.7 Å². The van der Waals surface area contributed by atoms with Crippen molar-refractivity contribution in [2.45, 2.75) is 87.3 Å². The number of aryl methyl sites for hydroxylation is 1. The smallest absolute Gasteiger partial charge is 0.298 e. The lowest BCUT2D eigenvalue weighted by Crippen LogP contribution is -2.09. The van der Waals surface area contributed by atoms with Crippen LogP contribution < -0.4 is 4.74 Å². The Morgan fingerprint density at radius 1 is 0.697 bits per heavy atom. The van der Waals surface area contributed by atoms with E-state index in [-0.39, 0.29) is 5.75 Å². The van der Waals surface area contributed by atoms with Gasteiger partial charge in [-0.1, -0.05) is 82.9 Å². The van der Waals surface area contributed by atoms with Crippen molar-refractivity contribution in [1.82, 2.24) is 0 Å². The molecule has 33 heavy (non-hydrogen) atoms. The fourth-order valence-corrected chi connectivity index (χ4v) is 5.12. The molecule has 0 heterocycles. The molecule has 184 valence electrons. The Labute approximate surface area is 197 Å². The Bertz CT molecular complexity index is 1030. The molecule has 0 amide bonds. The molecular formula is C24H34O7S2. The third-order valence-electron chi connectivity index (χ3n) is 5.42. The van der Waals surface area contributed by atoms with Crippen molar-refractivity contribution in [3.05, 3.63) is 48.0 Å². The van der Waals surface area contributed by atoms with Crippen molar-refractivity contribution in [2.24, 2.45) is 0 Å². The molecule has 9 heteroatoms. The molecule has 2 rings (SSSR count). The quantitative estimate of drug-likeness (QED) is 0.214. The Hall–Kier alpha value is -1.94. The predicted octanol–water partition coefficient (Wildman–Crippen LogP) is 6.44. The number of ether oxygens (including phenoxy) is 1. The van der Waals surface area contributed by atoms with Gasteiger partial charge in [0, 0.05) is 0 Å². The molecule has 0 radical (unpaired) electrons. The molecule has 0 unspecified atom stereocenters. The number of rotatable bonds is 15. The topological polar surface area (TPSA) is 118 Å². The highest BCUT2D eigenvalue weighted by molar-refractivity contribution is 7.86. The molecule has 0 saturated heterocycles. The molecule has 0 spiro atoms. The normalized spacial score (nSPS) is 12.1. The Morgan fingerprint density at radius 2 is 1.15 bits per heavy atom. The first-order chi connectivity index (χ1) is 15.6. The van der Waals surface area contributed by atoms with Gasteiger partial charge in [0.05, 0.1) is 0 Å². The van der Waals surface area contributed by atoms with Crippen LogP contribution >= 0.6 is 0 Å². The first-order valence-corrected chi connectivity index (χ1v) is 14.4. The Kier molecular flexibility index (Phi) is 10.8. The highest BCUT2D eigenvalue weighted by Gasteiger charge is 2.28. The molecular weight excluding hydrogens is 464 g/mol. The minimum atomic E-state index is -4.81. The molecule has 0 aliphatic rings. The van der Waals surface area contributed by atoms with E-state index in [1.54, 1.807) is 18.2 Å². The van der Waals surface area contributed by atoms with E-state index in [1.807, 2.05) is 0 Å². The predicted molar refractivity (Wildman–Crippen MR) is 128 cm³/mol. The van der Waals surface area contributed by atoms with Crippen LogP contribution in [-0.2, 0) is 26.7 Å². The maximum Gasteiger partial charge on any atom is 0.298 e. The van der Waals surface area contributed by atoms with Crippen LogP contribution in [-0.4, -0.2) is 25.9 Å². The highest BCUT2D eigenvalue weighted by Crippen LogP contribution is 2.37. The minimum absolute atomic E-state index is 0.162. The van der Waals surface area contributed by atoms with Crippen LogP contribution in [0.25, 0.3) is 0 Å². The minimum Gasteiger partial charge on any atom is -0.454 e. The third kappa shape index (κ3) is 9.44. The van der Waals surface area contributed by atoms with E-state index in [0.717, 1.165) is 25.7 Å². The highest BCUT2D eigenvalue weighted by atomic mass is 32.2. The monoisotopic (exact) mass is 498 g/mol. The summed E-state index contributed by atoms with van der Waals surface area (Å²) in [6.07, 6.45) is 11.7. The third-order valence-corrected chi connectivity index (χ3v) is 7.14. The van der Waals surface area contributed by atoms with Gasteiger partial charge in [-0.25, -0.2) is 0 Å². The molecule has 2 N–H and O–H groups in total. The van der Waals surface area contributed by atoms with E-state index in [1.165, 1.54) is 62.8 Å². The second-order valence-electron chi connectivity index (χ2n) is 8.22. The summed E-state index contributed by atoms with van der Waals surface area (Å²) < 4.78 is 73.0. The van der Waals surface area contributed by atoms with E-state index >= 15 is 0 Å². The average Bonchev–Trinajstić information content (AvgIpc) is 2.75. The van der Waals surface area contributed by atoms with Crippen LogP contribution in [0.5, 0.6) is 11.5 Å². The van der Waals surface area contributed by atoms with E-state index < -0.39 is 35.8 Å². The first-order valence-electron chi connectivity index (χ1n) is 11.5. The van der Waals surface area contributed by atoms with Crippen LogP contribution in [0.4, 0.5) is 0 Å². The van der Waals surface area contributed by atoms with Gasteiger partial charge in [-0.2, -0.15) is 16.8 Å². The van der Waals surface area contributed by atoms with Crippen molar-refractivity contribution >= 4 is 20.2 Å². The molecule has 0 bridgehead atoms. The van der Waals surface area contributed by atoms with Gasteiger partial charge in [0.1, 0.15) is 15.5 Å². The van der Waals surface area contributed by atoms with E-state index in [9.17, 15) is 25.9 Å². The maximum absolute atomic E-state index is 12.0. The number of hydrogen-bond donors (Lipinski definition) is 2. The molecule has 2 aromatic carbocycles. The Morgan fingerprint density at radius 3 is 1.61 bits per heavy atom. The van der Waals surface area contributed by atoms with E-state index in [0.29, 0.717) is 12.0 Å². The van der Waals surface area contributed by atoms with Gasteiger partial charge in [0.2, 0.25) is 0 Å². The molecule has 0 fully saturated rings. The summed E-state index contributed by atoms with van der Waals surface area (Å²) in [4.78, 5) is -1.38. The van der Waals surface area contributed by atoms with Gasteiger partial charge in [-0.15, -0.1) is 0 Å². The van der Waals surface area contributed by atoms with Crippen LogP contribution in [0.15, 0.2) is 52.3 Å². The van der Waals surface area contributed by atoms with Crippen LogP contribution in [0.2, 0.25) is 0 Å². The van der Waals surface area contributed by atoms with Gasteiger partial charge >= 0.3 is 0 Å². The standard InChI is InChI=1S/C24H34O7S2/c1-2-3-4-5-6-7-8-9-10-12-15-20-18-22(32(25,26)27)24(23(19-20)33(28,29)30)31-21-16-13-11-14-17-21/h11,13-14,16-19H,2-10,12,15H2,1H3,(H,25,26,27)(H,28,29,30). The van der Waals surface area contributed by atoms with E-state index in [4.69, 9.17) is 4.74 Å². The average molecular weight is 499 g/mol. The zero-order valence-corrected chi connectivity index (χ0v) is 20.7. The van der Waals surface area contributed by atoms with Crippen molar-refractivity contribution in [2.75, 3.05) is 0 Å². The van der Waals surface area contributed by atoms with Crippen molar-refractivity contribution in [3.63, 3.8) is 0 Å². The second-order valence-corrected chi connectivity index (χ2v) is 11.0. The van der Waals surface area contributed by atoms with Gasteiger partial charge in [0.25, 0.3) is 20.2 Å². The number of unbranched alkanes of at least 4 members (excludes halogenated alkanes) is 9. The summed E-state index contributed by atoms with van der Waals surface area (Å²) in [7, 11) is -9.62. The van der Waals surface area contributed by atoms with Gasteiger partial charge in [0.15, 0.2) is 5.75 Å². The summed E-state index contributed by atoms with van der Waals surface area (Å²) >= 11 is 0. The summed E-state index contributed by atoms with van der Waals surface area (Å²) in [5, 5.41) is 0. The summed E-state index contributed by atoms with van der Waals surface area (Å²) in [6, 6.07) is 10.4. The fraction of sp³-hybridized carbons (Fsp3) is 0.500. The summed E-state index contributed by atoms with van der Waals surface area (Å²) in [6.45, 7) is 2.20. The summed E-state index contributed by atoms with van der Waals surface area (Å²) in [5.41, 5.74) is 0.384. The first kappa shape index (κ1) is 27.3. The van der Waals surface area contributed by atoms with Crippen molar-refractivity contribution < 1.29 is 30.7 Å². The van der Waals surface area contributed by atoms with Gasteiger partial charge < -0.3 is 4.74 Å². The Balaban J connectivity index is 2.11. The van der Waals surface area contributed by atoms with Crippen molar-refractivity contribution in [1.29, 1.82) is 0 Å². The lowest BCUT2D eigenvalue weighted by atomic mass is 10.0. The van der Waals surface area contributed by atoms with Gasteiger partial charge in [-0.05, 0) is 42.7 Å². The molecule has 2 aromatic rings. The fourth-order valence-electron chi connectivity index (χ4n) is 3.68. The lowest BCUT2D eigenvalue weighted by molar-refractivity contribution is 0.430. The lowest BCUT2D eigenvalue weighted by Gasteiger charge is -2.15. The SMILES string of the molecule is CCCCCCCCCCCCc1cc(S(=O)(=O)O)c(Oc2ccccc2)c(S(=O)(=O)O)c1. The molecule has 0 saturated carbocycles. The molecule has 7 nitrogen and oxygen atoms in total. The number of benzene rings is 2. The summed E-state index contributed by atoms with van der Waals surface area (Å²) in [5.74, 6) is -0.465. The zero-order valence-electron chi connectivity index (χ0n) is 19.1. The second kappa shape index (κ2) is 13.1. The van der Waals surface area contributed by atoms with Crippen LogP contribution in [0, 0.1) is 0 Å². The van der Waals surface area contributed by atoms with Gasteiger partial charge in [-0.3, -0.25) is 9.11 Å². The number of para-hydroxylation sites is 1. The van der Waals surface area contributed by atoms with Crippen molar-refractivity contribution in [3.8, 4) is 11.5 Å². The van der Waals surface area contributed by atoms with Crippen LogP contribution in [0.3, 0.4) is 0 Å². The largest absolute Gasteiger partial charge is 0.454 e. The molecule has 0 aliphatic heterocycles. The number of hydrogen-bond acceptors (Lipinski definition) is 5. The van der Waals surface area contributed by atoms with E-state index in [2.05, 4.69) is 6.92 Å².